The van der Waals surface area contributed by atoms with E-state index >= 15 is 0 Å². The van der Waals surface area contributed by atoms with Gasteiger partial charge in [0.15, 0.2) is 0 Å². The summed E-state index contributed by atoms with van der Waals surface area (Å²) in [5.74, 6) is 0. The average Bonchev–Trinajstić information content (AvgIpc) is 2.89. The molecule has 108 valence electrons. The number of benzene rings is 1. The van der Waals surface area contributed by atoms with Gasteiger partial charge in [-0.05, 0) is 42.8 Å². The monoisotopic (exact) mass is 283 g/mol. The minimum absolute atomic E-state index is 0.166. The van der Waals surface area contributed by atoms with E-state index in [0.29, 0.717) is 12.1 Å². The van der Waals surface area contributed by atoms with Gasteiger partial charge in [0.25, 0.3) is 0 Å². The second-order valence-electron chi connectivity index (χ2n) is 4.62. The maximum atomic E-state index is 12.7. The van der Waals surface area contributed by atoms with E-state index in [1.807, 2.05) is 13.0 Å². The molecular formula is C15H16F3NO. The van der Waals surface area contributed by atoms with Gasteiger partial charge in [-0.15, -0.1) is 0 Å². The molecule has 5 heteroatoms. The summed E-state index contributed by atoms with van der Waals surface area (Å²) in [6.45, 7) is 4.35. The summed E-state index contributed by atoms with van der Waals surface area (Å²) in [4.78, 5) is 0. The lowest BCUT2D eigenvalue weighted by molar-refractivity contribution is -0.137. The van der Waals surface area contributed by atoms with Crippen molar-refractivity contribution in [3.05, 3.63) is 59.0 Å². The van der Waals surface area contributed by atoms with Crippen molar-refractivity contribution < 1.29 is 17.6 Å². The van der Waals surface area contributed by atoms with Gasteiger partial charge >= 0.3 is 6.18 Å². The first-order valence-corrected chi connectivity index (χ1v) is 6.36. The average molecular weight is 283 g/mol. The lowest BCUT2D eigenvalue weighted by atomic mass is 9.95. The lowest BCUT2D eigenvalue weighted by Crippen LogP contribution is -2.22. The van der Waals surface area contributed by atoms with E-state index in [4.69, 9.17) is 4.42 Å². The standard InChI is InChI=1S/C15H16F3NO/c1-3-19-14(11-6-7-20-9-11)13-5-4-12(8-10(13)2)15(16,17)18/h4-9,14,19H,3H2,1-2H3. The van der Waals surface area contributed by atoms with Crippen LogP contribution in [0.15, 0.2) is 41.2 Å². The third-order valence-corrected chi connectivity index (χ3v) is 3.19. The van der Waals surface area contributed by atoms with Crippen LogP contribution in [0.4, 0.5) is 13.2 Å². The molecule has 0 radical (unpaired) electrons. The Labute approximate surface area is 115 Å². The number of hydrogen-bond acceptors (Lipinski definition) is 2. The van der Waals surface area contributed by atoms with Crippen molar-refractivity contribution >= 4 is 0 Å². The Kier molecular flexibility index (Phi) is 4.18. The fourth-order valence-electron chi connectivity index (χ4n) is 2.23. The van der Waals surface area contributed by atoms with Crippen LogP contribution in [0.2, 0.25) is 0 Å². The Hall–Kier alpha value is -1.75. The second-order valence-corrected chi connectivity index (χ2v) is 4.62. The molecule has 1 atom stereocenters. The molecule has 0 spiro atoms. The zero-order valence-electron chi connectivity index (χ0n) is 11.3. The molecule has 0 aliphatic heterocycles. The zero-order chi connectivity index (χ0) is 14.8. The highest BCUT2D eigenvalue weighted by molar-refractivity contribution is 5.39. The van der Waals surface area contributed by atoms with Gasteiger partial charge in [-0.25, -0.2) is 0 Å². The summed E-state index contributed by atoms with van der Waals surface area (Å²) in [6, 6.07) is 5.47. The van der Waals surface area contributed by atoms with E-state index in [2.05, 4.69) is 5.32 Å². The van der Waals surface area contributed by atoms with Crippen molar-refractivity contribution in [2.24, 2.45) is 0 Å². The molecule has 2 nitrogen and oxygen atoms in total. The highest BCUT2D eigenvalue weighted by atomic mass is 19.4. The predicted molar refractivity (Wildman–Crippen MR) is 70.4 cm³/mol. The van der Waals surface area contributed by atoms with E-state index in [1.165, 1.54) is 12.1 Å². The van der Waals surface area contributed by atoms with Crippen LogP contribution in [0.1, 0.15) is 35.2 Å². The molecule has 0 aliphatic carbocycles. The molecule has 0 fully saturated rings. The van der Waals surface area contributed by atoms with Gasteiger partial charge in [-0.1, -0.05) is 13.0 Å². The van der Waals surface area contributed by atoms with Crippen molar-refractivity contribution in [2.45, 2.75) is 26.1 Å². The molecule has 0 saturated heterocycles. The van der Waals surface area contributed by atoms with E-state index in [1.54, 1.807) is 19.5 Å². The number of alkyl halides is 3. The molecule has 0 bridgehead atoms. The van der Waals surface area contributed by atoms with E-state index in [0.717, 1.165) is 17.2 Å². The van der Waals surface area contributed by atoms with Crippen LogP contribution in [0, 0.1) is 6.92 Å². The zero-order valence-corrected chi connectivity index (χ0v) is 11.3. The summed E-state index contributed by atoms with van der Waals surface area (Å²) in [5, 5.41) is 3.26. The van der Waals surface area contributed by atoms with E-state index < -0.39 is 11.7 Å². The number of nitrogens with one attached hydrogen (secondary N) is 1. The smallest absolute Gasteiger partial charge is 0.416 e. The van der Waals surface area contributed by atoms with Crippen molar-refractivity contribution in [3.8, 4) is 0 Å². The molecule has 20 heavy (non-hydrogen) atoms. The molecule has 1 unspecified atom stereocenters. The normalized spacial score (nSPS) is 13.4. The van der Waals surface area contributed by atoms with Crippen LogP contribution in [0.5, 0.6) is 0 Å². The van der Waals surface area contributed by atoms with Crippen molar-refractivity contribution in [1.82, 2.24) is 5.32 Å². The van der Waals surface area contributed by atoms with Crippen LogP contribution in [-0.4, -0.2) is 6.54 Å². The fourth-order valence-corrected chi connectivity index (χ4v) is 2.23. The fraction of sp³-hybridized carbons (Fsp3) is 0.333. The minimum atomic E-state index is -4.31. The Morgan fingerprint density at radius 3 is 2.50 bits per heavy atom. The van der Waals surface area contributed by atoms with Crippen LogP contribution >= 0.6 is 0 Å². The van der Waals surface area contributed by atoms with E-state index in [9.17, 15) is 13.2 Å². The molecule has 0 amide bonds. The van der Waals surface area contributed by atoms with E-state index in [-0.39, 0.29) is 6.04 Å². The van der Waals surface area contributed by atoms with Gasteiger partial charge in [0.05, 0.1) is 24.1 Å². The van der Waals surface area contributed by atoms with Crippen LogP contribution in [-0.2, 0) is 6.18 Å². The van der Waals surface area contributed by atoms with Gasteiger partial charge in [0.2, 0.25) is 0 Å². The first-order valence-electron chi connectivity index (χ1n) is 6.36. The quantitative estimate of drug-likeness (QED) is 0.904. The number of rotatable bonds is 4. The molecule has 1 heterocycles. The summed E-state index contributed by atoms with van der Waals surface area (Å²) >= 11 is 0. The van der Waals surface area contributed by atoms with Crippen LogP contribution in [0.25, 0.3) is 0 Å². The van der Waals surface area contributed by atoms with Crippen molar-refractivity contribution in [1.29, 1.82) is 0 Å². The maximum Gasteiger partial charge on any atom is 0.416 e. The molecule has 2 rings (SSSR count). The first-order chi connectivity index (χ1) is 9.43. The number of halogens is 3. The Morgan fingerprint density at radius 2 is 2.00 bits per heavy atom. The highest BCUT2D eigenvalue weighted by Gasteiger charge is 2.31. The third kappa shape index (κ3) is 3.04. The van der Waals surface area contributed by atoms with Crippen molar-refractivity contribution in [2.75, 3.05) is 6.54 Å². The largest absolute Gasteiger partial charge is 0.472 e. The molecule has 2 aromatic rings. The van der Waals surface area contributed by atoms with Gasteiger partial charge in [0.1, 0.15) is 0 Å². The topological polar surface area (TPSA) is 25.2 Å². The summed E-state index contributed by atoms with van der Waals surface area (Å²) in [5.41, 5.74) is 1.70. The first kappa shape index (κ1) is 14.7. The number of aryl methyl sites for hydroxylation is 1. The van der Waals surface area contributed by atoms with Gasteiger partial charge in [0, 0.05) is 5.56 Å². The SMILES string of the molecule is CCNC(c1ccoc1)c1ccc(C(F)(F)F)cc1C. The van der Waals surface area contributed by atoms with Crippen molar-refractivity contribution in [3.63, 3.8) is 0 Å². The van der Waals surface area contributed by atoms with Gasteiger partial charge in [-0.2, -0.15) is 13.2 Å². The predicted octanol–water partition coefficient (Wildman–Crippen LogP) is 4.31. The van der Waals surface area contributed by atoms with Crippen LogP contribution < -0.4 is 5.32 Å². The maximum absolute atomic E-state index is 12.7. The molecule has 1 aromatic carbocycles. The summed E-state index contributed by atoms with van der Waals surface area (Å²) < 4.78 is 43.1. The molecule has 0 saturated carbocycles. The van der Waals surface area contributed by atoms with Gasteiger partial charge in [-0.3, -0.25) is 0 Å². The summed E-state index contributed by atoms with van der Waals surface area (Å²) in [7, 11) is 0. The van der Waals surface area contributed by atoms with Crippen LogP contribution in [0.3, 0.4) is 0 Å². The number of hydrogen-bond donors (Lipinski definition) is 1. The Morgan fingerprint density at radius 1 is 1.25 bits per heavy atom. The molecule has 0 aliphatic rings. The second kappa shape index (κ2) is 5.71. The number of furan rings is 1. The molecule has 1 N–H and O–H groups in total. The molecule has 1 aromatic heterocycles. The highest BCUT2D eigenvalue weighted by Crippen LogP contribution is 2.33. The molecular weight excluding hydrogens is 267 g/mol. The van der Waals surface area contributed by atoms with Gasteiger partial charge < -0.3 is 9.73 Å². The third-order valence-electron chi connectivity index (χ3n) is 3.19. The Bertz CT molecular complexity index is 561. The summed E-state index contributed by atoms with van der Waals surface area (Å²) in [6.07, 6.45) is -1.16. The Balaban J connectivity index is 2.40. The minimum Gasteiger partial charge on any atom is -0.472 e. The lowest BCUT2D eigenvalue weighted by Gasteiger charge is -2.20.